The lowest BCUT2D eigenvalue weighted by molar-refractivity contribution is -0.143. The minimum Gasteiger partial charge on any atom is -0.363 e. The van der Waals surface area contributed by atoms with Gasteiger partial charge in [-0.25, -0.2) is 0 Å². The highest BCUT2D eigenvalue weighted by Crippen LogP contribution is 2.33. The number of carbonyl (C=O) groups is 2. The molecule has 142 valence electrons. The predicted molar refractivity (Wildman–Crippen MR) is 101 cm³/mol. The van der Waals surface area contributed by atoms with E-state index in [9.17, 15) is 9.59 Å². The molecule has 3 heterocycles. The van der Waals surface area contributed by atoms with E-state index < -0.39 is 0 Å². The van der Waals surface area contributed by atoms with Crippen LogP contribution in [0.25, 0.3) is 0 Å². The number of hydrogen-bond acceptors (Lipinski definition) is 4. The Morgan fingerprint density at radius 3 is 2.63 bits per heavy atom. The van der Waals surface area contributed by atoms with Crippen molar-refractivity contribution in [1.29, 1.82) is 0 Å². The smallest absolute Gasteiger partial charge is 0.257 e. The molecular formula is C20H24N4O3. The summed E-state index contributed by atoms with van der Waals surface area (Å²) in [5, 5.41) is 4.19. The zero-order valence-electron chi connectivity index (χ0n) is 15.5. The van der Waals surface area contributed by atoms with E-state index in [1.807, 2.05) is 47.1 Å². The van der Waals surface area contributed by atoms with Gasteiger partial charge in [-0.3, -0.25) is 14.3 Å². The first-order valence-electron chi connectivity index (χ1n) is 9.41. The van der Waals surface area contributed by atoms with Crippen molar-refractivity contribution in [2.24, 2.45) is 0 Å². The number of amides is 2. The molecule has 0 bridgehead atoms. The summed E-state index contributed by atoms with van der Waals surface area (Å²) in [6.07, 6.45) is 4.86. The monoisotopic (exact) mass is 368 g/mol. The second-order valence-corrected chi connectivity index (χ2v) is 7.16. The number of aryl methyl sites for hydroxylation is 1. The molecule has 0 atom stereocenters. The standard InChI is InChI=1S/C20H24N4O3/c1-2-23-13-16(12-21-23)19(26)22-10-8-20(9-11-22)15-24(18(25)14-27-20)17-6-4-3-5-7-17/h3-7,12-13H,2,8-11,14-15H2,1H3. The molecule has 2 saturated heterocycles. The number of rotatable bonds is 3. The zero-order chi connectivity index (χ0) is 18.9. The lowest BCUT2D eigenvalue weighted by atomic mass is 9.88. The first kappa shape index (κ1) is 17.7. The Morgan fingerprint density at radius 2 is 1.96 bits per heavy atom. The van der Waals surface area contributed by atoms with Crippen molar-refractivity contribution in [2.45, 2.75) is 31.9 Å². The topological polar surface area (TPSA) is 67.7 Å². The van der Waals surface area contributed by atoms with E-state index in [1.54, 1.807) is 17.1 Å². The lowest BCUT2D eigenvalue weighted by Gasteiger charge is -2.46. The molecule has 2 aromatic rings. The van der Waals surface area contributed by atoms with E-state index in [1.165, 1.54) is 0 Å². The number of morpholine rings is 1. The van der Waals surface area contributed by atoms with Gasteiger partial charge in [-0.2, -0.15) is 5.10 Å². The molecule has 1 aromatic carbocycles. The maximum Gasteiger partial charge on any atom is 0.257 e. The summed E-state index contributed by atoms with van der Waals surface area (Å²) in [7, 11) is 0. The number of benzene rings is 1. The highest BCUT2D eigenvalue weighted by molar-refractivity contribution is 5.95. The average molecular weight is 368 g/mol. The van der Waals surface area contributed by atoms with Crippen LogP contribution in [0.5, 0.6) is 0 Å². The second-order valence-electron chi connectivity index (χ2n) is 7.16. The summed E-state index contributed by atoms with van der Waals surface area (Å²) >= 11 is 0. The number of anilines is 1. The first-order valence-corrected chi connectivity index (χ1v) is 9.41. The lowest BCUT2D eigenvalue weighted by Crippen LogP contribution is -2.59. The maximum atomic E-state index is 12.7. The van der Waals surface area contributed by atoms with Crippen molar-refractivity contribution in [3.63, 3.8) is 0 Å². The molecule has 0 saturated carbocycles. The predicted octanol–water partition coefficient (Wildman–Crippen LogP) is 1.94. The summed E-state index contributed by atoms with van der Waals surface area (Å²) in [5.74, 6) is -0.00587. The van der Waals surface area contributed by atoms with Crippen LogP contribution >= 0.6 is 0 Å². The minimum absolute atomic E-state index is 0.0105. The van der Waals surface area contributed by atoms with Crippen molar-refractivity contribution < 1.29 is 14.3 Å². The number of para-hydroxylation sites is 1. The van der Waals surface area contributed by atoms with Crippen LogP contribution in [0.3, 0.4) is 0 Å². The molecule has 0 aliphatic carbocycles. The van der Waals surface area contributed by atoms with E-state index in [-0.39, 0.29) is 24.0 Å². The van der Waals surface area contributed by atoms with Crippen molar-refractivity contribution in [2.75, 3.05) is 31.1 Å². The van der Waals surface area contributed by atoms with Gasteiger partial charge in [0.15, 0.2) is 0 Å². The molecule has 2 aliphatic heterocycles. The molecule has 0 unspecified atom stereocenters. The molecule has 4 rings (SSSR count). The largest absolute Gasteiger partial charge is 0.363 e. The number of hydrogen-bond donors (Lipinski definition) is 0. The van der Waals surface area contributed by atoms with Crippen molar-refractivity contribution in [3.8, 4) is 0 Å². The van der Waals surface area contributed by atoms with Crippen LogP contribution in [0.4, 0.5) is 5.69 Å². The fourth-order valence-corrected chi connectivity index (χ4v) is 3.81. The summed E-state index contributed by atoms with van der Waals surface area (Å²) in [5.41, 5.74) is 1.14. The normalized spacial score (nSPS) is 19.5. The number of aromatic nitrogens is 2. The maximum absolute atomic E-state index is 12.7. The molecule has 1 aromatic heterocycles. The fourth-order valence-electron chi connectivity index (χ4n) is 3.81. The van der Waals surface area contributed by atoms with Crippen LogP contribution in [-0.2, 0) is 16.1 Å². The molecule has 0 N–H and O–H groups in total. The number of carbonyl (C=O) groups excluding carboxylic acids is 2. The summed E-state index contributed by atoms with van der Waals surface area (Å²) in [6, 6.07) is 9.70. The quantitative estimate of drug-likeness (QED) is 0.830. The average Bonchev–Trinajstić information content (AvgIpc) is 3.20. The third-order valence-electron chi connectivity index (χ3n) is 5.48. The molecule has 7 nitrogen and oxygen atoms in total. The second kappa shape index (κ2) is 7.15. The Hall–Kier alpha value is -2.67. The van der Waals surface area contributed by atoms with Crippen molar-refractivity contribution in [1.82, 2.24) is 14.7 Å². The first-order chi connectivity index (χ1) is 13.1. The van der Waals surface area contributed by atoms with E-state index in [0.29, 0.717) is 25.2 Å². The van der Waals surface area contributed by atoms with Gasteiger partial charge in [-0.1, -0.05) is 18.2 Å². The Balaban J connectivity index is 1.43. The van der Waals surface area contributed by atoms with Crippen LogP contribution < -0.4 is 4.90 Å². The molecule has 27 heavy (non-hydrogen) atoms. The van der Waals surface area contributed by atoms with Crippen LogP contribution in [0, 0.1) is 0 Å². The summed E-state index contributed by atoms with van der Waals surface area (Å²) < 4.78 is 7.74. The Bertz CT molecular complexity index is 825. The van der Waals surface area contributed by atoms with Crippen LogP contribution in [-0.4, -0.2) is 58.3 Å². The molecule has 2 amide bonds. The fraction of sp³-hybridized carbons (Fsp3) is 0.450. The van der Waals surface area contributed by atoms with Gasteiger partial charge in [0.05, 0.1) is 23.9 Å². The summed E-state index contributed by atoms with van der Waals surface area (Å²) in [6.45, 7) is 4.59. The van der Waals surface area contributed by atoms with Gasteiger partial charge in [0.25, 0.3) is 11.8 Å². The van der Waals surface area contributed by atoms with Crippen LogP contribution in [0.15, 0.2) is 42.7 Å². The third-order valence-corrected chi connectivity index (χ3v) is 5.48. The van der Waals surface area contributed by atoms with Gasteiger partial charge in [0.2, 0.25) is 0 Å². The zero-order valence-corrected chi connectivity index (χ0v) is 15.5. The van der Waals surface area contributed by atoms with E-state index in [2.05, 4.69) is 5.10 Å². The molecule has 2 aliphatic rings. The number of piperidine rings is 1. The summed E-state index contributed by atoms with van der Waals surface area (Å²) in [4.78, 5) is 28.7. The van der Waals surface area contributed by atoms with E-state index in [4.69, 9.17) is 4.74 Å². The molecule has 1 spiro atoms. The minimum atomic E-state index is -0.381. The third kappa shape index (κ3) is 3.47. The van der Waals surface area contributed by atoms with Gasteiger partial charge in [-0.15, -0.1) is 0 Å². The van der Waals surface area contributed by atoms with E-state index in [0.717, 1.165) is 25.1 Å². The number of nitrogens with zero attached hydrogens (tertiary/aromatic N) is 4. The number of ether oxygens (including phenoxy) is 1. The SMILES string of the molecule is CCn1cc(C(=O)N2CCC3(CC2)CN(c2ccccc2)C(=O)CO3)cn1. The molecule has 0 radical (unpaired) electrons. The Labute approximate surface area is 158 Å². The Kier molecular flexibility index (Phi) is 4.70. The van der Waals surface area contributed by atoms with Gasteiger partial charge in [0.1, 0.15) is 6.61 Å². The Morgan fingerprint density at radius 1 is 1.22 bits per heavy atom. The van der Waals surface area contributed by atoms with Crippen molar-refractivity contribution in [3.05, 3.63) is 48.3 Å². The molecular weight excluding hydrogens is 344 g/mol. The van der Waals surface area contributed by atoms with Crippen molar-refractivity contribution >= 4 is 17.5 Å². The van der Waals surface area contributed by atoms with Crippen LogP contribution in [0.1, 0.15) is 30.1 Å². The highest BCUT2D eigenvalue weighted by Gasteiger charge is 2.43. The van der Waals surface area contributed by atoms with Crippen LogP contribution in [0.2, 0.25) is 0 Å². The van der Waals surface area contributed by atoms with Gasteiger partial charge >= 0.3 is 0 Å². The van der Waals surface area contributed by atoms with Gasteiger partial charge in [-0.05, 0) is 31.9 Å². The van der Waals surface area contributed by atoms with Gasteiger partial charge in [0, 0.05) is 31.5 Å². The molecule has 2 fully saturated rings. The van der Waals surface area contributed by atoms with Gasteiger partial charge < -0.3 is 14.5 Å². The van der Waals surface area contributed by atoms with E-state index >= 15 is 0 Å². The number of likely N-dealkylation sites (tertiary alicyclic amines) is 1. The highest BCUT2D eigenvalue weighted by atomic mass is 16.5. The molecule has 7 heteroatoms.